The topological polar surface area (TPSA) is 63.9 Å². The molecule has 0 unspecified atom stereocenters. The van der Waals surface area contributed by atoms with Gasteiger partial charge < -0.3 is 9.30 Å². The molecule has 30 heavy (non-hydrogen) atoms. The maximum Gasteiger partial charge on any atom is 0.341 e. The molecule has 1 fully saturated rings. The van der Waals surface area contributed by atoms with Gasteiger partial charge in [0.25, 0.3) is 5.91 Å². The molecule has 1 saturated heterocycles. The summed E-state index contributed by atoms with van der Waals surface area (Å²) in [4.78, 5) is 32.9. The minimum atomic E-state index is -0.274. The monoisotopic (exact) mass is 443 g/mol. The molecule has 2 aromatic heterocycles. The number of carbonyl (C=O) groups excluding carboxylic acids is 2. The van der Waals surface area contributed by atoms with Crippen molar-refractivity contribution in [1.29, 1.82) is 0 Å². The van der Waals surface area contributed by atoms with Gasteiger partial charge in [-0.15, -0.1) is 11.3 Å². The van der Waals surface area contributed by atoms with Gasteiger partial charge in [-0.05, 0) is 74.6 Å². The second-order valence-corrected chi connectivity index (χ2v) is 9.62. The number of amides is 1. The van der Waals surface area contributed by atoms with E-state index in [-0.39, 0.29) is 11.9 Å². The Morgan fingerprint density at radius 3 is 2.67 bits per heavy atom. The number of aryl methyl sites for hydroxylation is 2. The van der Waals surface area contributed by atoms with E-state index >= 15 is 0 Å². The smallest absolute Gasteiger partial charge is 0.341 e. The van der Waals surface area contributed by atoms with Crippen molar-refractivity contribution < 1.29 is 14.3 Å². The molecule has 2 aliphatic rings. The third kappa shape index (κ3) is 3.32. The van der Waals surface area contributed by atoms with Gasteiger partial charge in [-0.1, -0.05) is 0 Å². The summed E-state index contributed by atoms with van der Waals surface area (Å²) in [6, 6.07) is 2.07. The highest BCUT2D eigenvalue weighted by atomic mass is 32.2. The number of carbonyl (C=O) groups is 2. The molecule has 0 saturated carbocycles. The third-order valence-electron chi connectivity index (χ3n) is 5.70. The summed E-state index contributed by atoms with van der Waals surface area (Å²) in [5.74, 6) is -0.323. The Kier molecular flexibility index (Phi) is 5.63. The van der Waals surface area contributed by atoms with E-state index in [9.17, 15) is 9.59 Å². The summed E-state index contributed by atoms with van der Waals surface area (Å²) in [5, 5.41) is 1.62. The van der Waals surface area contributed by atoms with Crippen molar-refractivity contribution in [3.63, 3.8) is 0 Å². The molecule has 1 aliphatic heterocycles. The second-order valence-electron chi connectivity index (χ2n) is 7.53. The molecule has 4 rings (SSSR count). The minimum Gasteiger partial charge on any atom is -0.465 e. The Labute approximate surface area is 184 Å². The Balaban J connectivity index is 1.83. The predicted octanol–water partition coefficient (Wildman–Crippen LogP) is 4.35. The maximum atomic E-state index is 12.7. The number of thioether (sulfide) groups is 1. The van der Waals surface area contributed by atoms with E-state index in [1.807, 2.05) is 19.9 Å². The summed E-state index contributed by atoms with van der Waals surface area (Å²) in [7, 11) is 4.87. The molecule has 6 nitrogen and oxygen atoms in total. The summed E-state index contributed by atoms with van der Waals surface area (Å²) < 4.78 is 7.27. The van der Waals surface area contributed by atoms with E-state index in [1.54, 1.807) is 30.3 Å². The number of esters is 1. The number of thiophene rings is 1. The zero-order valence-corrected chi connectivity index (χ0v) is 19.5. The summed E-state index contributed by atoms with van der Waals surface area (Å²) in [5.41, 5.74) is 4.84. The van der Waals surface area contributed by atoms with Crippen molar-refractivity contribution in [1.82, 2.24) is 9.47 Å². The second kappa shape index (κ2) is 8.07. The lowest BCUT2D eigenvalue weighted by Gasteiger charge is -2.12. The number of amidine groups is 1. The molecule has 1 amide bonds. The van der Waals surface area contributed by atoms with Crippen LogP contribution in [0, 0.1) is 13.8 Å². The van der Waals surface area contributed by atoms with Gasteiger partial charge in [0, 0.05) is 30.4 Å². The Hall–Kier alpha value is -2.32. The van der Waals surface area contributed by atoms with Crippen molar-refractivity contribution in [3.05, 3.63) is 43.9 Å². The van der Waals surface area contributed by atoms with E-state index in [4.69, 9.17) is 4.74 Å². The van der Waals surface area contributed by atoms with E-state index < -0.39 is 0 Å². The van der Waals surface area contributed by atoms with Gasteiger partial charge >= 0.3 is 5.97 Å². The maximum absolute atomic E-state index is 12.7. The largest absolute Gasteiger partial charge is 0.465 e. The lowest BCUT2D eigenvalue weighted by molar-refractivity contribution is -0.121. The molecule has 0 spiro atoms. The number of likely N-dealkylation sites (N-methyl/N-ethyl adjacent to an activating group) is 1. The fourth-order valence-electron chi connectivity index (χ4n) is 4.16. The molecule has 2 aromatic rings. The first-order chi connectivity index (χ1) is 14.4. The molecule has 158 valence electrons. The third-order valence-corrected chi connectivity index (χ3v) is 8.13. The van der Waals surface area contributed by atoms with Crippen LogP contribution >= 0.6 is 23.1 Å². The fraction of sp³-hybridized carbons (Fsp3) is 0.409. The van der Waals surface area contributed by atoms with Crippen molar-refractivity contribution >= 4 is 46.2 Å². The molecule has 0 radical (unpaired) electrons. The van der Waals surface area contributed by atoms with Crippen molar-refractivity contribution in [2.75, 3.05) is 21.2 Å². The average Bonchev–Trinajstić information content (AvgIpc) is 3.34. The molecule has 8 heteroatoms. The van der Waals surface area contributed by atoms with Gasteiger partial charge in [-0.2, -0.15) is 0 Å². The molecular formula is C22H25N3O3S2. The normalized spacial score (nSPS) is 19.1. The van der Waals surface area contributed by atoms with E-state index in [0.29, 0.717) is 15.6 Å². The van der Waals surface area contributed by atoms with Gasteiger partial charge in [-0.3, -0.25) is 14.7 Å². The van der Waals surface area contributed by atoms with Crippen LogP contribution < -0.4 is 0 Å². The number of methoxy groups -OCH3 is 1. The number of ether oxygens (including phenoxy) is 1. The predicted molar refractivity (Wildman–Crippen MR) is 123 cm³/mol. The minimum absolute atomic E-state index is 0.0489. The lowest BCUT2D eigenvalue weighted by Crippen LogP contribution is -2.23. The molecule has 3 heterocycles. The molecular weight excluding hydrogens is 418 g/mol. The molecule has 0 bridgehead atoms. The van der Waals surface area contributed by atoms with Crippen LogP contribution in [0.5, 0.6) is 0 Å². The number of nitrogens with zero attached hydrogens (tertiary/aromatic N) is 3. The summed E-state index contributed by atoms with van der Waals surface area (Å²) in [6.07, 6.45) is 6.11. The number of hydrogen-bond acceptors (Lipinski definition) is 6. The highest BCUT2D eigenvalue weighted by Crippen LogP contribution is 2.40. The number of hydrogen-bond donors (Lipinski definition) is 0. The highest BCUT2D eigenvalue weighted by molar-refractivity contribution is 8.18. The zero-order chi connectivity index (χ0) is 21.6. The van der Waals surface area contributed by atoms with Crippen LogP contribution in [0.3, 0.4) is 0 Å². The number of aromatic nitrogens is 1. The standard InChI is InChI=1S/C22H25N3O3S2/c1-12-10-14(11-17-19(26)24(4)22(23-3)30-17)13(2)25(12)20-18(21(27)28-5)15-8-6-7-9-16(15)29-20/h10-11H,6-9H2,1-5H3/b17-11-,23-22?. The Morgan fingerprint density at radius 1 is 1.27 bits per heavy atom. The van der Waals surface area contributed by atoms with Crippen LogP contribution in [0.4, 0.5) is 0 Å². The zero-order valence-electron chi connectivity index (χ0n) is 17.9. The lowest BCUT2D eigenvalue weighted by atomic mass is 9.95. The van der Waals surface area contributed by atoms with Gasteiger partial charge in [-0.25, -0.2) is 4.79 Å². The number of aliphatic imine (C=N–C) groups is 1. The summed E-state index contributed by atoms with van der Waals surface area (Å²) in [6.45, 7) is 4.06. The van der Waals surface area contributed by atoms with Gasteiger partial charge in [0.15, 0.2) is 5.17 Å². The van der Waals surface area contributed by atoms with Crippen molar-refractivity contribution in [2.24, 2.45) is 4.99 Å². The quantitative estimate of drug-likeness (QED) is 0.523. The molecule has 0 atom stereocenters. The van der Waals surface area contributed by atoms with Crippen LogP contribution in [0.15, 0.2) is 16.0 Å². The van der Waals surface area contributed by atoms with Crippen LogP contribution in [0.25, 0.3) is 11.1 Å². The number of rotatable bonds is 3. The van der Waals surface area contributed by atoms with Crippen molar-refractivity contribution in [3.8, 4) is 5.00 Å². The van der Waals surface area contributed by atoms with Crippen molar-refractivity contribution in [2.45, 2.75) is 39.5 Å². The SMILES string of the molecule is CN=C1S/C(=C\c2cc(C)n(-c3sc4c(c3C(=O)OC)CCCC4)c2C)C(=O)N1C. The van der Waals surface area contributed by atoms with Crippen LogP contribution in [0.2, 0.25) is 0 Å². The first kappa shape index (κ1) is 20.9. The number of fused-ring (bicyclic) bond motifs is 1. The van der Waals surface area contributed by atoms with E-state index in [0.717, 1.165) is 53.2 Å². The Bertz CT molecular complexity index is 1110. The first-order valence-electron chi connectivity index (χ1n) is 9.93. The van der Waals surface area contributed by atoms with Gasteiger partial charge in [0.05, 0.1) is 17.6 Å². The fourth-order valence-corrected chi connectivity index (χ4v) is 6.56. The molecule has 0 aromatic carbocycles. The van der Waals surface area contributed by atoms with Crippen LogP contribution in [-0.2, 0) is 22.4 Å². The molecule has 1 aliphatic carbocycles. The summed E-state index contributed by atoms with van der Waals surface area (Å²) >= 11 is 3.07. The van der Waals surface area contributed by atoms with Crippen LogP contribution in [0.1, 0.15) is 50.6 Å². The van der Waals surface area contributed by atoms with Crippen LogP contribution in [-0.4, -0.2) is 47.7 Å². The molecule has 0 N–H and O–H groups in total. The Morgan fingerprint density at radius 2 is 2.00 bits per heavy atom. The highest BCUT2D eigenvalue weighted by Gasteiger charge is 2.31. The van der Waals surface area contributed by atoms with Gasteiger partial charge in [0.2, 0.25) is 0 Å². The van der Waals surface area contributed by atoms with Gasteiger partial charge in [0.1, 0.15) is 5.00 Å². The first-order valence-corrected chi connectivity index (χ1v) is 11.6. The van der Waals surface area contributed by atoms with E-state index in [1.165, 1.54) is 23.7 Å². The average molecular weight is 444 g/mol. The van der Waals surface area contributed by atoms with E-state index in [2.05, 4.69) is 15.6 Å².